The third-order valence-corrected chi connectivity index (χ3v) is 8.86. The molecule has 0 atom stereocenters. The van der Waals surface area contributed by atoms with E-state index in [-0.39, 0.29) is 30.8 Å². The SMILES string of the molecule is CC1(COc2c(N3CCN(S(=O)(=O)NCc4cccc(C#N)c4)CC3)cnn(-c3cccc(Cl)c3)c2=O)CC1. The Morgan fingerprint density at radius 3 is 2.56 bits per heavy atom. The molecule has 0 bridgehead atoms. The van der Waals surface area contributed by atoms with Crippen molar-refractivity contribution in [3.8, 4) is 17.5 Å². The number of anilines is 1. The van der Waals surface area contributed by atoms with Crippen LogP contribution in [0.2, 0.25) is 5.02 Å². The fourth-order valence-electron chi connectivity index (χ4n) is 4.37. The largest absolute Gasteiger partial charge is 0.486 e. The van der Waals surface area contributed by atoms with Crippen LogP contribution >= 0.6 is 11.6 Å². The Hall–Kier alpha value is -3.43. The zero-order valence-corrected chi connectivity index (χ0v) is 23.1. The monoisotopic (exact) mass is 568 g/mol. The van der Waals surface area contributed by atoms with Gasteiger partial charge in [0.05, 0.1) is 30.1 Å². The number of nitrogens with zero attached hydrogens (tertiary/aromatic N) is 5. The van der Waals surface area contributed by atoms with E-state index in [4.69, 9.17) is 21.6 Å². The highest BCUT2D eigenvalue weighted by molar-refractivity contribution is 7.87. The number of halogens is 1. The third-order valence-electron chi connectivity index (χ3n) is 7.07. The van der Waals surface area contributed by atoms with Crippen LogP contribution in [0.3, 0.4) is 0 Å². The summed E-state index contributed by atoms with van der Waals surface area (Å²) in [6.07, 6.45) is 3.68. The lowest BCUT2D eigenvalue weighted by Crippen LogP contribution is -2.52. The average molecular weight is 569 g/mol. The van der Waals surface area contributed by atoms with E-state index in [1.807, 2.05) is 4.90 Å². The molecule has 1 aliphatic carbocycles. The maximum atomic E-state index is 13.5. The van der Waals surface area contributed by atoms with Crippen molar-refractivity contribution in [3.63, 3.8) is 0 Å². The number of nitriles is 1. The number of ether oxygens (including phenoxy) is 1. The van der Waals surface area contributed by atoms with Crippen LogP contribution in [0.1, 0.15) is 30.9 Å². The molecule has 0 spiro atoms. The fraction of sp³-hybridized carbons (Fsp3) is 0.370. The molecule has 0 unspecified atom stereocenters. The maximum Gasteiger partial charge on any atom is 0.316 e. The van der Waals surface area contributed by atoms with Gasteiger partial charge in [-0.1, -0.05) is 36.7 Å². The lowest BCUT2D eigenvalue weighted by molar-refractivity contribution is 0.242. The summed E-state index contributed by atoms with van der Waals surface area (Å²) in [6.45, 7) is 3.79. The molecule has 3 aromatic rings. The number of nitrogens with one attached hydrogen (secondary N) is 1. The van der Waals surface area contributed by atoms with Crippen LogP contribution in [-0.4, -0.2) is 55.3 Å². The summed E-state index contributed by atoms with van der Waals surface area (Å²) in [5, 5.41) is 13.9. The van der Waals surface area contributed by atoms with Gasteiger partial charge >= 0.3 is 5.56 Å². The molecule has 2 heterocycles. The minimum atomic E-state index is -3.74. The minimum Gasteiger partial charge on any atom is -0.486 e. The first kappa shape index (κ1) is 27.1. The van der Waals surface area contributed by atoms with Gasteiger partial charge in [0, 0.05) is 43.2 Å². The molecule has 1 N–H and O–H groups in total. The summed E-state index contributed by atoms with van der Waals surface area (Å²) in [5.74, 6) is 0.199. The van der Waals surface area contributed by atoms with E-state index in [9.17, 15) is 13.2 Å². The zero-order chi connectivity index (χ0) is 27.6. The van der Waals surface area contributed by atoms with E-state index in [0.717, 1.165) is 12.8 Å². The molecule has 12 heteroatoms. The molecule has 1 saturated heterocycles. The van der Waals surface area contributed by atoms with Crippen molar-refractivity contribution in [2.24, 2.45) is 5.41 Å². The van der Waals surface area contributed by atoms with Gasteiger partial charge in [-0.3, -0.25) is 4.79 Å². The second-order valence-electron chi connectivity index (χ2n) is 10.2. The average Bonchev–Trinajstić information content (AvgIpc) is 3.68. The van der Waals surface area contributed by atoms with Crippen molar-refractivity contribution in [3.05, 3.63) is 81.2 Å². The Bertz CT molecular complexity index is 1570. The van der Waals surface area contributed by atoms with E-state index in [0.29, 0.717) is 47.2 Å². The van der Waals surface area contributed by atoms with Crippen molar-refractivity contribution in [1.29, 1.82) is 5.26 Å². The molecule has 1 aromatic heterocycles. The Morgan fingerprint density at radius 2 is 1.87 bits per heavy atom. The molecular formula is C27H29ClN6O4S. The summed E-state index contributed by atoms with van der Waals surface area (Å²) in [7, 11) is -3.74. The predicted octanol–water partition coefficient (Wildman–Crippen LogP) is 3.09. The lowest BCUT2D eigenvalue weighted by atomic mass is 10.1. The number of rotatable bonds is 9. The van der Waals surface area contributed by atoms with Gasteiger partial charge in [-0.15, -0.1) is 0 Å². The van der Waals surface area contributed by atoms with Crippen LogP contribution in [0, 0.1) is 16.7 Å². The van der Waals surface area contributed by atoms with Gasteiger partial charge in [-0.2, -0.15) is 32.5 Å². The van der Waals surface area contributed by atoms with Crippen LogP contribution in [0.4, 0.5) is 5.69 Å². The first-order valence-corrected chi connectivity index (χ1v) is 14.5. The third kappa shape index (κ3) is 6.25. The van der Waals surface area contributed by atoms with Gasteiger partial charge in [-0.25, -0.2) is 0 Å². The van der Waals surface area contributed by atoms with E-state index < -0.39 is 15.8 Å². The quantitative estimate of drug-likeness (QED) is 0.421. The predicted molar refractivity (Wildman–Crippen MR) is 148 cm³/mol. The van der Waals surface area contributed by atoms with Crippen LogP contribution in [0.25, 0.3) is 5.69 Å². The summed E-state index contributed by atoms with van der Waals surface area (Å²) in [5.41, 5.74) is 1.91. The van der Waals surface area contributed by atoms with Crippen LogP contribution in [0.5, 0.6) is 5.75 Å². The molecule has 1 aliphatic heterocycles. The Morgan fingerprint density at radius 1 is 1.13 bits per heavy atom. The first-order chi connectivity index (χ1) is 18.7. The van der Waals surface area contributed by atoms with E-state index in [1.54, 1.807) is 54.7 Å². The summed E-state index contributed by atoms with van der Waals surface area (Å²) < 4.78 is 37.3. The Balaban J connectivity index is 1.32. The van der Waals surface area contributed by atoms with E-state index in [1.165, 1.54) is 8.99 Å². The molecule has 0 amide bonds. The van der Waals surface area contributed by atoms with Crippen molar-refractivity contribution in [1.82, 2.24) is 18.8 Å². The first-order valence-electron chi connectivity index (χ1n) is 12.7. The van der Waals surface area contributed by atoms with E-state index in [2.05, 4.69) is 22.8 Å². The molecule has 204 valence electrons. The number of piperazine rings is 1. The summed E-state index contributed by atoms with van der Waals surface area (Å²) >= 11 is 6.14. The smallest absolute Gasteiger partial charge is 0.316 e. The highest BCUT2D eigenvalue weighted by atomic mass is 35.5. The summed E-state index contributed by atoms with van der Waals surface area (Å²) in [6, 6.07) is 15.8. The molecule has 10 nitrogen and oxygen atoms in total. The van der Waals surface area contributed by atoms with Crippen LogP contribution in [-0.2, 0) is 16.8 Å². The molecule has 2 aliphatic rings. The van der Waals surface area contributed by atoms with Crippen molar-refractivity contribution >= 4 is 27.5 Å². The van der Waals surface area contributed by atoms with Crippen LogP contribution in [0.15, 0.2) is 59.5 Å². The van der Waals surface area contributed by atoms with Gasteiger partial charge < -0.3 is 9.64 Å². The van der Waals surface area contributed by atoms with Gasteiger partial charge in [0.25, 0.3) is 10.2 Å². The molecular weight excluding hydrogens is 540 g/mol. The second kappa shape index (κ2) is 11.0. The second-order valence-corrected chi connectivity index (χ2v) is 12.4. The van der Waals surface area contributed by atoms with Gasteiger partial charge in [0.15, 0.2) is 0 Å². The molecule has 39 heavy (non-hydrogen) atoms. The maximum absolute atomic E-state index is 13.5. The number of benzene rings is 2. The topological polar surface area (TPSA) is 121 Å². The van der Waals surface area contributed by atoms with Crippen molar-refractivity contribution in [2.75, 3.05) is 37.7 Å². The Labute approximate surface area is 232 Å². The van der Waals surface area contributed by atoms with Crippen molar-refractivity contribution in [2.45, 2.75) is 26.3 Å². The Kier molecular flexibility index (Phi) is 7.64. The highest BCUT2D eigenvalue weighted by Crippen LogP contribution is 2.45. The molecule has 2 aromatic carbocycles. The molecule has 1 saturated carbocycles. The van der Waals surface area contributed by atoms with Gasteiger partial charge in [0.2, 0.25) is 5.75 Å². The molecule has 0 radical (unpaired) electrons. The van der Waals surface area contributed by atoms with Gasteiger partial charge in [0.1, 0.15) is 5.69 Å². The molecule has 5 rings (SSSR count). The number of hydrogen-bond donors (Lipinski definition) is 1. The normalized spacial score (nSPS) is 17.0. The number of hydrogen-bond acceptors (Lipinski definition) is 7. The van der Waals surface area contributed by atoms with Crippen molar-refractivity contribution < 1.29 is 13.2 Å². The van der Waals surface area contributed by atoms with Crippen LogP contribution < -0.4 is 19.9 Å². The standard InChI is InChI=1S/C27H29ClN6O4S/c1-27(8-9-27)19-38-25-24(18-30-34(26(25)35)23-7-3-6-22(28)15-23)32-10-12-33(13-11-32)39(36,37)31-17-21-5-2-4-20(14-21)16-29/h2-7,14-15,18,31H,8-13,17,19H2,1H3. The molecule has 2 fully saturated rings. The fourth-order valence-corrected chi connectivity index (χ4v) is 5.73. The number of aromatic nitrogens is 2. The van der Waals surface area contributed by atoms with Gasteiger partial charge in [-0.05, 0) is 48.7 Å². The minimum absolute atomic E-state index is 0.0546. The lowest BCUT2D eigenvalue weighted by Gasteiger charge is -2.35. The summed E-state index contributed by atoms with van der Waals surface area (Å²) in [4.78, 5) is 15.5. The highest BCUT2D eigenvalue weighted by Gasteiger charge is 2.39. The zero-order valence-electron chi connectivity index (χ0n) is 21.5. The van der Waals surface area contributed by atoms with E-state index >= 15 is 0 Å².